The van der Waals surface area contributed by atoms with Crippen LogP contribution in [0.3, 0.4) is 0 Å². The molecule has 0 amide bonds. The molecule has 0 aromatic carbocycles. The molecule has 64 valence electrons. The van der Waals surface area contributed by atoms with Crippen LogP contribution < -0.4 is 10.6 Å². The number of hydrogen-bond donors (Lipinski definition) is 3. The highest BCUT2D eigenvalue weighted by atomic mass is 15.2. The summed E-state index contributed by atoms with van der Waals surface area (Å²) in [5.74, 6) is 0. The SMILES string of the molecule is c1[nH]nc2c1C1CNCC(C2)N1. The Morgan fingerprint density at radius 2 is 2.42 bits per heavy atom. The van der Waals surface area contributed by atoms with E-state index in [1.165, 1.54) is 11.3 Å². The summed E-state index contributed by atoms with van der Waals surface area (Å²) in [6, 6.07) is 1.06. The predicted molar refractivity (Wildman–Crippen MR) is 44.8 cm³/mol. The van der Waals surface area contributed by atoms with Crippen molar-refractivity contribution in [1.82, 2.24) is 20.8 Å². The van der Waals surface area contributed by atoms with Crippen LogP contribution in [-0.4, -0.2) is 29.3 Å². The summed E-state index contributed by atoms with van der Waals surface area (Å²) in [4.78, 5) is 0. The molecule has 3 heterocycles. The van der Waals surface area contributed by atoms with E-state index in [-0.39, 0.29) is 0 Å². The first-order valence-corrected chi connectivity index (χ1v) is 4.43. The van der Waals surface area contributed by atoms with E-state index in [0.29, 0.717) is 12.1 Å². The zero-order valence-electron chi connectivity index (χ0n) is 6.80. The monoisotopic (exact) mass is 164 g/mol. The summed E-state index contributed by atoms with van der Waals surface area (Å²) < 4.78 is 0. The van der Waals surface area contributed by atoms with Crippen LogP contribution in [0.15, 0.2) is 6.20 Å². The van der Waals surface area contributed by atoms with E-state index in [2.05, 4.69) is 20.8 Å². The van der Waals surface area contributed by atoms with Crippen LogP contribution >= 0.6 is 0 Å². The third kappa shape index (κ3) is 0.820. The van der Waals surface area contributed by atoms with Gasteiger partial charge in [0.1, 0.15) is 0 Å². The van der Waals surface area contributed by atoms with Crippen LogP contribution in [0, 0.1) is 0 Å². The number of rotatable bonds is 0. The van der Waals surface area contributed by atoms with Crippen molar-refractivity contribution in [2.24, 2.45) is 0 Å². The number of hydrogen-bond acceptors (Lipinski definition) is 3. The molecule has 1 saturated heterocycles. The first-order chi connectivity index (χ1) is 5.93. The number of nitrogens with zero attached hydrogens (tertiary/aromatic N) is 1. The van der Waals surface area contributed by atoms with Crippen molar-refractivity contribution in [3.63, 3.8) is 0 Å². The fraction of sp³-hybridized carbons (Fsp3) is 0.625. The Labute approximate surface area is 70.7 Å². The Bertz CT molecular complexity index is 293. The van der Waals surface area contributed by atoms with E-state index in [1.807, 2.05) is 6.20 Å². The summed E-state index contributed by atoms with van der Waals surface area (Å²) >= 11 is 0. The maximum Gasteiger partial charge on any atom is 0.0686 e. The number of fused-ring (bicyclic) bond motifs is 4. The van der Waals surface area contributed by atoms with Crippen molar-refractivity contribution in [3.8, 4) is 0 Å². The molecular formula is C8H12N4. The van der Waals surface area contributed by atoms with Crippen LogP contribution in [0.4, 0.5) is 0 Å². The molecule has 4 nitrogen and oxygen atoms in total. The van der Waals surface area contributed by atoms with Gasteiger partial charge in [-0.1, -0.05) is 0 Å². The lowest BCUT2D eigenvalue weighted by Crippen LogP contribution is -2.53. The van der Waals surface area contributed by atoms with Crippen LogP contribution in [-0.2, 0) is 6.42 Å². The standard InChI is InChI=1S/C8H12N4/c1-5-2-9-4-8(11-5)6-3-10-12-7(1)6/h3,5,8-9,11H,1-2,4H2,(H,10,12). The minimum atomic E-state index is 0.478. The summed E-state index contributed by atoms with van der Waals surface area (Å²) in [5.41, 5.74) is 2.60. The van der Waals surface area contributed by atoms with Gasteiger partial charge in [-0.25, -0.2) is 0 Å². The minimum Gasteiger partial charge on any atom is -0.313 e. The lowest BCUT2D eigenvalue weighted by atomic mass is 9.93. The van der Waals surface area contributed by atoms with Crippen LogP contribution in [0.25, 0.3) is 0 Å². The van der Waals surface area contributed by atoms with Gasteiger partial charge in [0.2, 0.25) is 0 Å². The smallest absolute Gasteiger partial charge is 0.0686 e. The molecule has 3 N–H and O–H groups in total. The highest BCUT2D eigenvalue weighted by molar-refractivity contribution is 5.26. The summed E-state index contributed by atoms with van der Waals surface area (Å²) in [6.45, 7) is 2.10. The van der Waals surface area contributed by atoms with Gasteiger partial charge in [-0.2, -0.15) is 5.10 Å². The van der Waals surface area contributed by atoms with Gasteiger partial charge in [-0.05, 0) is 0 Å². The maximum absolute atomic E-state index is 4.25. The lowest BCUT2D eigenvalue weighted by Gasteiger charge is -2.35. The first kappa shape index (κ1) is 6.62. The van der Waals surface area contributed by atoms with Gasteiger partial charge in [0.05, 0.1) is 5.69 Å². The lowest BCUT2D eigenvalue weighted by molar-refractivity contribution is 0.319. The molecule has 2 atom stereocenters. The van der Waals surface area contributed by atoms with Gasteiger partial charge in [0, 0.05) is 43.4 Å². The van der Waals surface area contributed by atoms with Crippen molar-refractivity contribution >= 4 is 0 Å². The second kappa shape index (κ2) is 2.31. The van der Waals surface area contributed by atoms with E-state index >= 15 is 0 Å². The van der Waals surface area contributed by atoms with Gasteiger partial charge in [-0.3, -0.25) is 5.10 Å². The van der Waals surface area contributed by atoms with Crippen molar-refractivity contribution < 1.29 is 0 Å². The van der Waals surface area contributed by atoms with Crippen LogP contribution in [0.2, 0.25) is 0 Å². The fourth-order valence-corrected chi connectivity index (χ4v) is 2.16. The molecule has 2 aliphatic heterocycles. The highest BCUT2D eigenvalue weighted by Crippen LogP contribution is 2.24. The molecule has 1 fully saturated rings. The van der Waals surface area contributed by atoms with E-state index in [4.69, 9.17) is 0 Å². The Morgan fingerprint density at radius 3 is 3.42 bits per heavy atom. The van der Waals surface area contributed by atoms with Crippen LogP contribution in [0.5, 0.6) is 0 Å². The number of aromatic nitrogens is 2. The Hall–Kier alpha value is -0.870. The molecule has 1 aromatic rings. The third-order valence-electron chi connectivity index (χ3n) is 2.74. The molecule has 12 heavy (non-hydrogen) atoms. The molecule has 3 rings (SSSR count). The molecule has 0 radical (unpaired) electrons. The average Bonchev–Trinajstić information content (AvgIpc) is 2.53. The molecule has 2 bridgehead atoms. The second-order valence-electron chi connectivity index (χ2n) is 3.57. The minimum absolute atomic E-state index is 0.478. The molecule has 2 aliphatic rings. The summed E-state index contributed by atoms with van der Waals surface area (Å²) in [7, 11) is 0. The first-order valence-electron chi connectivity index (χ1n) is 4.43. The molecule has 4 heteroatoms. The summed E-state index contributed by atoms with van der Waals surface area (Å²) in [6.07, 6.45) is 3.07. The normalized spacial score (nSPS) is 33.0. The highest BCUT2D eigenvalue weighted by Gasteiger charge is 2.30. The van der Waals surface area contributed by atoms with Gasteiger partial charge < -0.3 is 10.6 Å². The second-order valence-corrected chi connectivity index (χ2v) is 3.57. The Balaban J connectivity index is 2.04. The molecule has 0 spiro atoms. The Morgan fingerprint density at radius 1 is 1.42 bits per heavy atom. The van der Waals surface area contributed by atoms with E-state index in [1.54, 1.807) is 0 Å². The number of H-pyrrole nitrogens is 1. The van der Waals surface area contributed by atoms with Gasteiger partial charge in [0.25, 0.3) is 0 Å². The van der Waals surface area contributed by atoms with Crippen molar-refractivity contribution in [2.75, 3.05) is 13.1 Å². The molecular weight excluding hydrogens is 152 g/mol. The number of nitrogens with one attached hydrogen (secondary N) is 3. The zero-order chi connectivity index (χ0) is 7.97. The van der Waals surface area contributed by atoms with Crippen molar-refractivity contribution in [3.05, 3.63) is 17.5 Å². The topological polar surface area (TPSA) is 52.7 Å². The quantitative estimate of drug-likeness (QED) is 0.487. The zero-order valence-corrected chi connectivity index (χ0v) is 6.80. The van der Waals surface area contributed by atoms with E-state index in [9.17, 15) is 0 Å². The predicted octanol–water partition coefficient (Wildman–Crippen LogP) is -0.432. The number of aromatic amines is 1. The van der Waals surface area contributed by atoms with Gasteiger partial charge >= 0.3 is 0 Å². The van der Waals surface area contributed by atoms with E-state index in [0.717, 1.165) is 19.5 Å². The maximum atomic E-state index is 4.25. The fourth-order valence-electron chi connectivity index (χ4n) is 2.16. The largest absolute Gasteiger partial charge is 0.313 e. The third-order valence-corrected chi connectivity index (χ3v) is 2.74. The van der Waals surface area contributed by atoms with E-state index < -0.39 is 0 Å². The van der Waals surface area contributed by atoms with Crippen molar-refractivity contribution in [2.45, 2.75) is 18.5 Å². The summed E-state index contributed by atoms with van der Waals surface area (Å²) in [5, 5.41) is 14.2. The average molecular weight is 164 g/mol. The Kier molecular flexibility index (Phi) is 1.27. The molecule has 0 aliphatic carbocycles. The number of piperazine rings is 1. The van der Waals surface area contributed by atoms with Gasteiger partial charge in [-0.15, -0.1) is 0 Å². The van der Waals surface area contributed by atoms with Crippen LogP contribution in [0.1, 0.15) is 17.3 Å². The van der Waals surface area contributed by atoms with Gasteiger partial charge in [0.15, 0.2) is 0 Å². The molecule has 1 aromatic heterocycles. The van der Waals surface area contributed by atoms with Crippen molar-refractivity contribution in [1.29, 1.82) is 0 Å². The molecule has 2 unspecified atom stereocenters. The molecule has 0 saturated carbocycles.